The normalized spacial score (nSPS) is 12.4. The zero-order chi connectivity index (χ0) is 63.6. The SMILES string of the molecule is CC(NC(=O)c1ccnc(CNC(=O)C(CCCCNC=O)NC(=O)CCc2ccc(OS(=O)(=O)F)cc2)c1)C(=O)N1CCCC1.CCC(=O)O.CCC(C)CC(=O)O.CCCCCN(CC)CCC.CCCN(CCC)CC(=O)O.OS. The van der Waals surface area contributed by atoms with E-state index in [1.807, 2.05) is 18.7 Å². The number of hydrogen-bond donors (Lipinski definition) is 9. The van der Waals surface area contributed by atoms with E-state index < -0.39 is 58.2 Å². The van der Waals surface area contributed by atoms with Gasteiger partial charge in [-0.2, -0.15) is 8.42 Å². The molecule has 26 heteroatoms. The molecule has 8 N–H and O–H groups in total. The van der Waals surface area contributed by atoms with Crippen molar-refractivity contribution in [2.24, 2.45) is 5.92 Å². The minimum atomic E-state index is -5.15. The van der Waals surface area contributed by atoms with Gasteiger partial charge >= 0.3 is 28.4 Å². The Morgan fingerprint density at radius 2 is 1.37 bits per heavy atom. The third kappa shape index (κ3) is 46.1. The van der Waals surface area contributed by atoms with Crippen molar-refractivity contribution in [2.45, 2.75) is 184 Å². The molecule has 1 aliphatic heterocycles. The van der Waals surface area contributed by atoms with Gasteiger partial charge in [-0.3, -0.25) is 48.2 Å². The Labute approximate surface area is 498 Å². The summed E-state index contributed by atoms with van der Waals surface area (Å²) in [5.74, 6) is -3.51. The summed E-state index contributed by atoms with van der Waals surface area (Å²) in [6, 6.07) is 6.94. The van der Waals surface area contributed by atoms with Crippen molar-refractivity contribution >= 4 is 71.4 Å². The van der Waals surface area contributed by atoms with Crippen LogP contribution in [0.15, 0.2) is 42.6 Å². The average Bonchev–Trinajstić information content (AvgIpc) is 4.01. The highest BCUT2D eigenvalue weighted by molar-refractivity contribution is 7.81. The maximum Gasteiger partial charge on any atom is 0.488 e. The van der Waals surface area contributed by atoms with E-state index in [9.17, 15) is 50.7 Å². The summed E-state index contributed by atoms with van der Waals surface area (Å²) in [6.45, 7) is 25.6. The molecular formula is C57H99FN8O15S2. The number of carboxylic acids is 3. The maximum absolute atomic E-state index is 13.1. The van der Waals surface area contributed by atoms with E-state index in [2.05, 4.69) is 82.9 Å². The van der Waals surface area contributed by atoms with Crippen molar-refractivity contribution in [2.75, 3.05) is 58.9 Å². The van der Waals surface area contributed by atoms with Crippen LogP contribution in [0.1, 0.15) is 180 Å². The van der Waals surface area contributed by atoms with Crippen LogP contribution < -0.4 is 25.5 Å². The van der Waals surface area contributed by atoms with Gasteiger partial charge in [0, 0.05) is 50.7 Å². The molecule has 3 atom stereocenters. The second kappa shape index (κ2) is 51.7. The van der Waals surface area contributed by atoms with Crippen LogP contribution in [-0.2, 0) is 57.0 Å². The zero-order valence-corrected chi connectivity index (χ0v) is 52.2. The molecule has 1 aromatic heterocycles. The largest absolute Gasteiger partial charge is 0.488 e. The molecule has 0 saturated carbocycles. The second-order valence-electron chi connectivity index (χ2n) is 19.5. The number of aryl methyl sites for hydroxylation is 1. The van der Waals surface area contributed by atoms with Gasteiger partial charge in [-0.15, -0.1) is 0 Å². The summed E-state index contributed by atoms with van der Waals surface area (Å²) in [6.07, 6.45) is 14.5. The highest BCUT2D eigenvalue weighted by Crippen LogP contribution is 2.17. The first-order valence-corrected chi connectivity index (χ1v) is 30.5. The highest BCUT2D eigenvalue weighted by Gasteiger charge is 2.25. The summed E-state index contributed by atoms with van der Waals surface area (Å²) in [5, 5.41) is 35.2. The third-order valence-corrected chi connectivity index (χ3v) is 12.6. The van der Waals surface area contributed by atoms with Gasteiger partial charge in [0.25, 0.3) is 5.91 Å². The number of pyridine rings is 1. The molecule has 1 aliphatic rings. The van der Waals surface area contributed by atoms with Crippen LogP contribution in [0, 0.1) is 5.92 Å². The molecule has 0 aliphatic carbocycles. The topological polar surface area (TPSA) is 332 Å². The predicted octanol–water partition coefficient (Wildman–Crippen LogP) is 7.54. The highest BCUT2D eigenvalue weighted by atomic mass is 32.3. The van der Waals surface area contributed by atoms with Gasteiger partial charge in [-0.1, -0.05) is 90.7 Å². The first-order chi connectivity index (χ1) is 39.4. The van der Waals surface area contributed by atoms with Gasteiger partial charge in [-0.25, -0.2) is 0 Å². The Hall–Kier alpha value is -5.96. The van der Waals surface area contributed by atoms with Crippen LogP contribution in [-0.4, -0.2) is 167 Å². The van der Waals surface area contributed by atoms with Gasteiger partial charge < -0.3 is 55.1 Å². The van der Waals surface area contributed by atoms with E-state index >= 15 is 0 Å². The smallest absolute Gasteiger partial charge is 0.481 e. The first kappa shape index (κ1) is 81.3. The van der Waals surface area contributed by atoms with Gasteiger partial charge in [-0.05, 0) is 153 Å². The minimum absolute atomic E-state index is 0.00941. The Kier molecular flexibility index (Phi) is 50.6. The number of unbranched alkanes of at least 4 members (excludes halogenated alkanes) is 3. The molecule has 2 heterocycles. The Balaban J connectivity index is -0.00000139. The van der Waals surface area contributed by atoms with Crippen molar-refractivity contribution in [3.8, 4) is 5.75 Å². The van der Waals surface area contributed by atoms with Crippen molar-refractivity contribution in [3.05, 3.63) is 59.4 Å². The fraction of sp³-hybridized carbons (Fsp3) is 0.667. The molecule has 5 amide bonds. The molecule has 1 saturated heterocycles. The van der Waals surface area contributed by atoms with Crippen LogP contribution in [0.2, 0.25) is 0 Å². The standard InChI is InChI=1S/C30H39FN6O8S.C10H23N.C8H17NO2.C6H12O2.C3H6O2.H2OS/c1-21(30(42)37-16-4-5-17-37)35-28(40)23-13-15-33-24(18-23)19-34-29(41)26(6-2-3-14-32-20-38)36-27(39)12-9-22-7-10-25(11-8-22)45-46(31,43)44;1-4-7-8-10-11(6-3)9-5-2;1-3-5-9(6-4-2)7-8(10)11;1-3-5(2)4-6(7)8;1-2-3(4)5;1-2/h7-8,10-11,13,15,18,20-21,26H,2-6,9,12,14,16-17,19H2,1H3,(H,32,38)(H,34,41)(H,35,40)(H,36,39);4-10H2,1-3H3;3-7H2,1-2H3,(H,10,11);5H,3-4H2,1-2H3,(H,7,8);2H2,1H3,(H,4,5);1-2H. The molecule has 3 unspecified atom stereocenters. The van der Waals surface area contributed by atoms with Gasteiger partial charge in [0.2, 0.25) is 24.1 Å². The number of thiol groups is 1. The average molecular weight is 1220 g/mol. The molecule has 2 aromatic rings. The monoisotopic (exact) mass is 1220 g/mol. The summed E-state index contributed by atoms with van der Waals surface area (Å²) in [4.78, 5) is 102. The van der Waals surface area contributed by atoms with Crippen molar-refractivity contribution < 1.29 is 74.7 Å². The number of carbonyl (C=O) groups excluding carboxylic acids is 5. The lowest BCUT2D eigenvalue weighted by Crippen LogP contribution is -2.46. The zero-order valence-electron chi connectivity index (χ0n) is 50.5. The number of nitrogens with one attached hydrogen (secondary N) is 4. The van der Waals surface area contributed by atoms with E-state index in [0.717, 1.165) is 45.2 Å². The second-order valence-corrected chi connectivity index (χ2v) is 20.4. The predicted molar refractivity (Wildman–Crippen MR) is 322 cm³/mol. The molecule has 0 bridgehead atoms. The molecule has 83 heavy (non-hydrogen) atoms. The first-order valence-electron chi connectivity index (χ1n) is 28.8. The van der Waals surface area contributed by atoms with Gasteiger partial charge in [0.1, 0.15) is 17.8 Å². The number of nitrogens with zero attached hydrogens (tertiary/aromatic N) is 4. The van der Waals surface area contributed by atoms with Gasteiger partial charge in [0.15, 0.2) is 0 Å². The number of amides is 5. The minimum Gasteiger partial charge on any atom is -0.481 e. The van der Waals surface area contributed by atoms with Crippen LogP contribution in [0.5, 0.6) is 5.75 Å². The van der Waals surface area contributed by atoms with Crippen molar-refractivity contribution in [1.82, 2.24) is 41.0 Å². The number of halogens is 1. The number of rotatable bonds is 35. The van der Waals surface area contributed by atoms with E-state index in [4.69, 9.17) is 19.9 Å². The molecule has 1 aromatic carbocycles. The van der Waals surface area contributed by atoms with Crippen LogP contribution in [0.4, 0.5) is 3.89 Å². The van der Waals surface area contributed by atoms with Gasteiger partial charge in [0.05, 0.1) is 18.8 Å². The fourth-order valence-corrected chi connectivity index (χ4v) is 8.03. The number of aliphatic carboxylic acids is 3. The summed E-state index contributed by atoms with van der Waals surface area (Å²) < 4.78 is 44.8. The number of likely N-dealkylation sites (tertiary alicyclic amines) is 1. The molecule has 0 radical (unpaired) electrons. The number of hydrogen-bond acceptors (Lipinski definition) is 16. The summed E-state index contributed by atoms with van der Waals surface area (Å²) >= 11 is 2.53. The lowest BCUT2D eigenvalue weighted by molar-refractivity contribution is -0.139. The molecule has 0 spiro atoms. The lowest BCUT2D eigenvalue weighted by Gasteiger charge is -2.21. The van der Waals surface area contributed by atoms with E-state index in [0.29, 0.717) is 68.9 Å². The summed E-state index contributed by atoms with van der Waals surface area (Å²) in [5.41, 5.74) is 1.33. The Morgan fingerprint density at radius 1 is 0.783 bits per heavy atom. The van der Waals surface area contributed by atoms with E-state index in [-0.39, 0.29) is 49.6 Å². The molecule has 23 nitrogen and oxygen atoms in total. The maximum atomic E-state index is 13.1. The Morgan fingerprint density at radius 3 is 1.86 bits per heavy atom. The number of benzene rings is 1. The van der Waals surface area contributed by atoms with Crippen molar-refractivity contribution in [3.63, 3.8) is 0 Å². The molecular weight excluding hydrogens is 1120 g/mol. The van der Waals surface area contributed by atoms with Crippen LogP contribution >= 0.6 is 12.9 Å². The Bertz CT molecular complexity index is 2210. The molecule has 3 rings (SSSR count). The number of aromatic nitrogens is 1. The van der Waals surface area contributed by atoms with E-state index in [1.165, 1.54) is 87.9 Å². The number of carboxylic acid groups (broad SMARTS) is 3. The van der Waals surface area contributed by atoms with Crippen molar-refractivity contribution in [1.29, 1.82) is 0 Å². The quantitative estimate of drug-likeness (QED) is 0.0106. The summed E-state index contributed by atoms with van der Waals surface area (Å²) in [7, 11) is -5.15. The number of carbonyl (C=O) groups is 8. The van der Waals surface area contributed by atoms with Crippen LogP contribution in [0.3, 0.4) is 0 Å². The van der Waals surface area contributed by atoms with E-state index in [1.54, 1.807) is 18.7 Å². The fourth-order valence-electron chi connectivity index (χ4n) is 7.69. The third-order valence-electron chi connectivity index (χ3n) is 12.2. The lowest BCUT2D eigenvalue weighted by atomic mass is 10.1. The molecule has 1 fully saturated rings. The van der Waals surface area contributed by atoms with Crippen LogP contribution in [0.25, 0.3) is 0 Å². The molecule has 476 valence electrons.